The van der Waals surface area contributed by atoms with Crippen LogP contribution in [0.1, 0.15) is 56.3 Å². The number of aryl methyl sites for hydroxylation is 2. The molecule has 0 saturated carbocycles. The van der Waals surface area contributed by atoms with Gasteiger partial charge in [0, 0.05) is 30.0 Å². The maximum absolute atomic E-state index is 10.6. The van der Waals surface area contributed by atoms with Crippen molar-refractivity contribution in [2.45, 2.75) is 65.2 Å². The summed E-state index contributed by atoms with van der Waals surface area (Å²) in [6.45, 7) is 10.6. The minimum atomic E-state index is -0.594. The summed E-state index contributed by atoms with van der Waals surface area (Å²) in [6, 6.07) is 7.90. The maximum atomic E-state index is 10.6. The Balaban J connectivity index is 1.42. The lowest BCUT2D eigenvalue weighted by molar-refractivity contribution is 0.0467. The van der Waals surface area contributed by atoms with Gasteiger partial charge in [-0.2, -0.15) is 0 Å². The van der Waals surface area contributed by atoms with E-state index in [4.69, 9.17) is 14.2 Å². The number of rotatable bonds is 11. The van der Waals surface area contributed by atoms with Crippen LogP contribution in [0, 0.1) is 13.8 Å². The largest absolute Gasteiger partial charge is 0.494 e. The molecule has 3 unspecified atom stereocenters. The third-order valence-electron chi connectivity index (χ3n) is 5.62. The fourth-order valence-corrected chi connectivity index (χ4v) is 3.65. The summed E-state index contributed by atoms with van der Waals surface area (Å²) in [5, 5.41) is 10.6. The van der Waals surface area contributed by atoms with Crippen molar-refractivity contribution in [1.29, 1.82) is 0 Å². The van der Waals surface area contributed by atoms with Crippen molar-refractivity contribution in [2.24, 2.45) is 0 Å². The Morgan fingerprint density at radius 3 is 2.58 bits per heavy atom. The molecule has 1 aromatic heterocycles. The third kappa shape index (κ3) is 6.89. The molecule has 1 saturated heterocycles. The SMILES string of the molecule is CCCCOc1ccc(OCC2CN(C(C)CC(O)c3cnc(C)nc3C)CO2)cc1. The quantitative estimate of drug-likeness (QED) is 0.544. The molecule has 3 atom stereocenters. The van der Waals surface area contributed by atoms with Crippen molar-refractivity contribution in [2.75, 3.05) is 26.5 Å². The molecular weight excluding hydrogens is 394 g/mol. The van der Waals surface area contributed by atoms with Crippen LogP contribution in [0.3, 0.4) is 0 Å². The lowest BCUT2D eigenvalue weighted by atomic mass is 10.0. The number of hydrogen-bond donors (Lipinski definition) is 1. The highest BCUT2D eigenvalue weighted by Crippen LogP contribution is 2.25. The van der Waals surface area contributed by atoms with E-state index in [0.29, 0.717) is 19.8 Å². The van der Waals surface area contributed by atoms with Gasteiger partial charge in [0.05, 0.1) is 19.4 Å². The van der Waals surface area contributed by atoms with Gasteiger partial charge in [0.25, 0.3) is 0 Å². The molecule has 170 valence electrons. The molecule has 0 aliphatic carbocycles. The Morgan fingerprint density at radius 2 is 1.90 bits per heavy atom. The minimum Gasteiger partial charge on any atom is -0.494 e. The number of aromatic nitrogens is 2. The molecule has 0 bridgehead atoms. The molecule has 1 aromatic carbocycles. The lowest BCUT2D eigenvalue weighted by Crippen LogP contribution is -2.34. The fraction of sp³-hybridized carbons (Fsp3) is 0.583. The van der Waals surface area contributed by atoms with Crippen LogP contribution in [0.15, 0.2) is 30.5 Å². The van der Waals surface area contributed by atoms with Gasteiger partial charge in [-0.3, -0.25) is 4.90 Å². The van der Waals surface area contributed by atoms with E-state index in [1.54, 1.807) is 6.20 Å². The topological polar surface area (TPSA) is 76.9 Å². The summed E-state index contributed by atoms with van der Waals surface area (Å²) in [5.41, 5.74) is 1.62. The van der Waals surface area contributed by atoms with Crippen LogP contribution in [0.4, 0.5) is 0 Å². The van der Waals surface area contributed by atoms with Gasteiger partial charge in [-0.25, -0.2) is 9.97 Å². The molecular formula is C24H35N3O4. The summed E-state index contributed by atoms with van der Waals surface area (Å²) >= 11 is 0. The average molecular weight is 430 g/mol. The van der Waals surface area contributed by atoms with Crippen LogP contribution < -0.4 is 9.47 Å². The number of benzene rings is 1. The van der Waals surface area contributed by atoms with Crippen molar-refractivity contribution in [3.8, 4) is 11.5 Å². The molecule has 7 nitrogen and oxygen atoms in total. The number of aliphatic hydroxyl groups excluding tert-OH is 1. The molecule has 0 spiro atoms. The van der Waals surface area contributed by atoms with Gasteiger partial charge < -0.3 is 19.3 Å². The van der Waals surface area contributed by atoms with Crippen LogP contribution in [-0.4, -0.2) is 58.6 Å². The molecule has 1 aliphatic rings. The van der Waals surface area contributed by atoms with Gasteiger partial charge >= 0.3 is 0 Å². The zero-order valence-electron chi connectivity index (χ0n) is 19.1. The van der Waals surface area contributed by atoms with Crippen molar-refractivity contribution in [3.05, 3.63) is 47.5 Å². The number of ether oxygens (including phenoxy) is 3. The van der Waals surface area contributed by atoms with Gasteiger partial charge in [0.2, 0.25) is 0 Å². The van der Waals surface area contributed by atoms with Crippen LogP contribution in [0.2, 0.25) is 0 Å². The highest BCUT2D eigenvalue weighted by Gasteiger charge is 2.29. The van der Waals surface area contributed by atoms with E-state index in [2.05, 4.69) is 28.7 Å². The summed E-state index contributed by atoms with van der Waals surface area (Å²) in [5.74, 6) is 2.39. The predicted molar refractivity (Wildman–Crippen MR) is 119 cm³/mol. The van der Waals surface area contributed by atoms with Gasteiger partial charge in [-0.15, -0.1) is 0 Å². The van der Waals surface area contributed by atoms with E-state index in [1.807, 2.05) is 38.1 Å². The van der Waals surface area contributed by atoms with E-state index in [0.717, 1.165) is 54.6 Å². The summed E-state index contributed by atoms with van der Waals surface area (Å²) in [4.78, 5) is 10.8. The Kier molecular flexibility index (Phi) is 8.63. The normalized spacial score (nSPS) is 18.7. The fourth-order valence-electron chi connectivity index (χ4n) is 3.65. The van der Waals surface area contributed by atoms with E-state index in [-0.39, 0.29) is 12.1 Å². The second-order valence-electron chi connectivity index (χ2n) is 8.23. The Labute approximate surface area is 185 Å². The molecule has 1 N–H and O–H groups in total. The van der Waals surface area contributed by atoms with E-state index < -0.39 is 6.10 Å². The first-order valence-electron chi connectivity index (χ1n) is 11.2. The predicted octanol–water partition coefficient (Wildman–Crippen LogP) is 3.82. The third-order valence-corrected chi connectivity index (χ3v) is 5.62. The summed E-state index contributed by atoms with van der Waals surface area (Å²) in [6.07, 6.45) is 3.92. The van der Waals surface area contributed by atoms with Gasteiger partial charge in [0.15, 0.2) is 0 Å². The number of unbranched alkanes of at least 4 members (excludes halogenated alkanes) is 1. The van der Waals surface area contributed by atoms with Crippen molar-refractivity contribution >= 4 is 0 Å². The lowest BCUT2D eigenvalue weighted by Gasteiger charge is -2.25. The summed E-state index contributed by atoms with van der Waals surface area (Å²) in [7, 11) is 0. The Hall–Kier alpha value is -2.22. The minimum absolute atomic E-state index is 0.00418. The Morgan fingerprint density at radius 1 is 1.19 bits per heavy atom. The van der Waals surface area contributed by atoms with E-state index >= 15 is 0 Å². The molecule has 2 aromatic rings. The van der Waals surface area contributed by atoms with Gasteiger partial charge in [-0.05, 0) is 57.9 Å². The monoisotopic (exact) mass is 429 g/mol. The van der Waals surface area contributed by atoms with Crippen LogP contribution in [-0.2, 0) is 4.74 Å². The van der Waals surface area contributed by atoms with Crippen LogP contribution >= 0.6 is 0 Å². The smallest absolute Gasteiger partial charge is 0.125 e. The number of hydrogen-bond acceptors (Lipinski definition) is 7. The van der Waals surface area contributed by atoms with E-state index in [9.17, 15) is 5.11 Å². The standard InChI is InChI=1S/C24H35N3O4/c1-5-6-11-29-20-7-9-21(10-8-20)30-15-22-14-27(16-31-22)17(2)12-24(28)23-13-25-19(4)26-18(23)3/h7-10,13,17,22,24,28H,5-6,11-12,14-16H2,1-4H3. The first kappa shape index (κ1) is 23.4. The van der Waals surface area contributed by atoms with E-state index in [1.165, 1.54) is 0 Å². The van der Waals surface area contributed by atoms with Crippen LogP contribution in [0.25, 0.3) is 0 Å². The first-order chi connectivity index (χ1) is 15.0. The highest BCUT2D eigenvalue weighted by atomic mass is 16.5. The van der Waals surface area contributed by atoms with Crippen molar-refractivity contribution < 1.29 is 19.3 Å². The molecule has 1 aliphatic heterocycles. The van der Waals surface area contributed by atoms with Gasteiger partial charge in [0.1, 0.15) is 30.0 Å². The maximum Gasteiger partial charge on any atom is 0.125 e. The molecule has 3 rings (SSSR count). The van der Waals surface area contributed by atoms with Crippen molar-refractivity contribution in [3.63, 3.8) is 0 Å². The molecule has 31 heavy (non-hydrogen) atoms. The molecule has 0 amide bonds. The average Bonchev–Trinajstić information content (AvgIpc) is 3.22. The second kappa shape index (κ2) is 11.4. The zero-order valence-corrected chi connectivity index (χ0v) is 19.1. The molecule has 1 fully saturated rings. The summed E-state index contributed by atoms with van der Waals surface area (Å²) < 4.78 is 17.5. The molecule has 0 radical (unpaired) electrons. The van der Waals surface area contributed by atoms with Crippen LogP contribution in [0.5, 0.6) is 11.5 Å². The number of aliphatic hydroxyl groups is 1. The Bertz CT molecular complexity index is 815. The van der Waals surface area contributed by atoms with Crippen molar-refractivity contribution in [1.82, 2.24) is 14.9 Å². The zero-order chi connectivity index (χ0) is 22.2. The number of nitrogens with zero attached hydrogens (tertiary/aromatic N) is 3. The highest BCUT2D eigenvalue weighted by molar-refractivity contribution is 5.31. The first-order valence-corrected chi connectivity index (χ1v) is 11.2. The molecule has 2 heterocycles. The second-order valence-corrected chi connectivity index (χ2v) is 8.23. The van der Waals surface area contributed by atoms with Gasteiger partial charge in [-0.1, -0.05) is 13.3 Å². The molecule has 7 heteroatoms.